The minimum Gasteiger partial charge on any atom is -0.409 e. The van der Waals surface area contributed by atoms with E-state index in [1.165, 1.54) is 12.4 Å². The van der Waals surface area contributed by atoms with Crippen LogP contribution >= 0.6 is 11.6 Å². The topological polar surface area (TPSA) is 76.4 Å². The molecule has 9 heteroatoms. The van der Waals surface area contributed by atoms with E-state index in [0.717, 1.165) is 4.68 Å². The third kappa shape index (κ3) is 3.02. The fourth-order valence-electron chi connectivity index (χ4n) is 1.06. The zero-order valence-electron chi connectivity index (χ0n) is 7.82. The van der Waals surface area contributed by atoms with E-state index in [9.17, 15) is 13.2 Å². The molecular formula is C7H8ClF3N4O. The van der Waals surface area contributed by atoms with Crippen molar-refractivity contribution < 1.29 is 18.4 Å². The molecule has 0 saturated carbocycles. The van der Waals surface area contributed by atoms with Crippen molar-refractivity contribution in [2.45, 2.75) is 12.7 Å². The van der Waals surface area contributed by atoms with Gasteiger partial charge >= 0.3 is 6.18 Å². The number of aromatic nitrogens is 2. The van der Waals surface area contributed by atoms with Gasteiger partial charge in [-0.25, -0.2) is 0 Å². The maximum Gasteiger partial charge on any atom is 0.400 e. The smallest absolute Gasteiger partial charge is 0.400 e. The van der Waals surface area contributed by atoms with Gasteiger partial charge in [0.1, 0.15) is 5.92 Å². The molecule has 0 saturated heterocycles. The van der Waals surface area contributed by atoms with Crippen LogP contribution in [0.1, 0.15) is 0 Å². The van der Waals surface area contributed by atoms with E-state index >= 15 is 0 Å². The number of nitrogens with two attached hydrogens (primary N) is 1. The Morgan fingerprint density at radius 3 is 2.69 bits per heavy atom. The second kappa shape index (κ2) is 4.60. The largest absolute Gasteiger partial charge is 0.409 e. The maximum atomic E-state index is 12.5. The number of rotatable bonds is 3. The number of halogens is 4. The molecule has 0 aliphatic rings. The third-order valence-electron chi connectivity index (χ3n) is 1.84. The van der Waals surface area contributed by atoms with Gasteiger partial charge in [-0.05, 0) is 0 Å². The number of nitrogens with zero attached hydrogens (tertiary/aromatic N) is 3. The summed E-state index contributed by atoms with van der Waals surface area (Å²) in [7, 11) is 0. The lowest BCUT2D eigenvalue weighted by Crippen LogP contribution is -2.39. The summed E-state index contributed by atoms with van der Waals surface area (Å²) >= 11 is 5.50. The molecule has 16 heavy (non-hydrogen) atoms. The van der Waals surface area contributed by atoms with Crippen molar-refractivity contribution in [2.75, 3.05) is 0 Å². The Kier molecular flexibility index (Phi) is 3.63. The molecule has 1 atom stereocenters. The molecule has 0 aliphatic heterocycles. The average molecular weight is 257 g/mol. The van der Waals surface area contributed by atoms with Gasteiger partial charge in [0, 0.05) is 6.20 Å². The highest BCUT2D eigenvalue weighted by molar-refractivity contribution is 6.30. The molecule has 0 aromatic carbocycles. The predicted octanol–water partition coefficient (Wildman–Crippen LogP) is 1.46. The van der Waals surface area contributed by atoms with Gasteiger partial charge in [0.25, 0.3) is 0 Å². The van der Waals surface area contributed by atoms with Crippen LogP contribution in [-0.4, -0.2) is 27.0 Å². The van der Waals surface area contributed by atoms with Gasteiger partial charge in [-0.2, -0.15) is 18.3 Å². The minimum absolute atomic E-state index is 0.209. The summed E-state index contributed by atoms with van der Waals surface area (Å²) in [4.78, 5) is 0. The Labute approximate surface area is 93.3 Å². The molecule has 0 bridgehead atoms. The van der Waals surface area contributed by atoms with Crippen LogP contribution in [0.3, 0.4) is 0 Å². The molecule has 90 valence electrons. The molecule has 0 spiro atoms. The third-order valence-corrected chi connectivity index (χ3v) is 2.03. The zero-order valence-corrected chi connectivity index (χ0v) is 8.57. The molecule has 1 unspecified atom stereocenters. The van der Waals surface area contributed by atoms with E-state index in [2.05, 4.69) is 10.3 Å². The lowest BCUT2D eigenvalue weighted by Gasteiger charge is -2.18. The lowest BCUT2D eigenvalue weighted by molar-refractivity contribution is -0.159. The molecule has 0 fully saturated rings. The number of alkyl halides is 3. The van der Waals surface area contributed by atoms with Gasteiger partial charge in [0.05, 0.1) is 17.8 Å². The van der Waals surface area contributed by atoms with Crippen LogP contribution in [0.25, 0.3) is 0 Å². The first kappa shape index (κ1) is 12.6. The number of amidine groups is 1. The molecule has 1 aromatic rings. The van der Waals surface area contributed by atoms with Crippen LogP contribution in [0.2, 0.25) is 5.02 Å². The van der Waals surface area contributed by atoms with Crippen LogP contribution in [-0.2, 0) is 6.54 Å². The van der Waals surface area contributed by atoms with Crippen molar-refractivity contribution in [1.82, 2.24) is 9.78 Å². The normalized spacial score (nSPS) is 15.1. The predicted molar refractivity (Wildman–Crippen MR) is 50.2 cm³/mol. The second-order valence-corrected chi connectivity index (χ2v) is 3.44. The van der Waals surface area contributed by atoms with Crippen molar-refractivity contribution >= 4 is 17.4 Å². The fourth-order valence-corrected chi connectivity index (χ4v) is 1.22. The molecule has 0 amide bonds. The van der Waals surface area contributed by atoms with Gasteiger partial charge in [0.2, 0.25) is 0 Å². The van der Waals surface area contributed by atoms with E-state index < -0.39 is 24.5 Å². The summed E-state index contributed by atoms with van der Waals surface area (Å²) in [5.74, 6) is -3.02. The molecule has 3 N–H and O–H groups in total. The Hall–Kier alpha value is -1.44. The first-order valence-electron chi connectivity index (χ1n) is 4.06. The summed E-state index contributed by atoms with van der Waals surface area (Å²) in [5.41, 5.74) is 4.96. The molecule has 0 aliphatic carbocycles. The summed E-state index contributed by atoms with van der Waals surface area (Å²) in [5, 5.41) is 14.4. The number of hydrogen-bond acceptors (Lipinski definition) is 3. The monoisotopic (exact) mass is 256 g/mol. The highest BCUT2D eigenvalue weighted by atomic mass is 35.5. The number of oxime groups is 1. The highest BCUT2D eigenvalue weighted by Crippen LogP contribution is 2.27. The van der Waals surface area contributed by atoms with Crippen molar-refractivity contribution in [3.05, 3.63) is 17.4 Å². The lowest BCUT2D eigenvalue weighted by atomic mass is 10.1. The van der Waals surface area contributed by atoms with Crippen LogP contribution in [0.5, 0.6) is 0 Å². The zero-order chi connectivity index (χ0) is 12.3. The molecular weight excluding hydrogens is 249 g/mol. The fraction of sp³-hybridized carbons (Fsp3) is 0.429. The van der Waals surface area contributed by atoms with Gasteiger partial charge in [-0.3, -0.25) is 4.68 Å². The highest BCUT2D eigenvalue weighted by Gasteiger charge is 2.43. The van der Waals surface area contributed by atoms with E-state index in [4.69, 9.17) is 22.5 Å². The molecule has 1 heterocycles. The molecule has 1 rings (SSSR count). The van der Waals surface area contributed by atoms with E-state index in [-0.39, 0.29) is 5.02 Å². The number of hydrogen-bond donors (Lipinski definition) is 2. The van der Waals surface area contributed by atoms with Crippen LogP contribution in [0.15, 0.2) is 17.5 Å². The maximum absolute atomic E-state index is 12.5. The Balaban J connectivity index is 2.88. The van der Waals surface area contributed by atoms with Crippen molar-refractivity contribution in [3.8, 4) is 0 Å². The molecule has 0 radical (unpaired) electrons. The first-order valence-corrected chi connectivity index (χ1v) is 4.44. The Morgan fingerprint density at radius 2 is 2.31 bits per heavy atom. The van der Waals surface area contributed by atoms with Crippen molar-refractivity contribution in [3.63, 3.8) is 0 Å². The minimum atomic E-state index is -4.62. The Bertz CT molecular complexity index is 389. The molecule has 5 nitrogen and oxygen atoms in total. The summed E-state index contributed by atoms with van der Waals surface area (Å²) in [6, 6.07) is 0. The van der Waals surface area contributed by atoms with Gasteiger partial charge in [-0.1, -0.05) is 16.8 Å². The van der Waals surface area contributed by atoms with E-state index in [0.29, 0.717) is 0 Å². The SMILES string of the molecule is N/C(=N/O)C(Cn1cc(Cl)cn1)C(F)(F)F. The van der Waals surface area contributed by atoms with E-state index in [1.807, 2.05) is 0 Å². The first-order chi connectivity index (χ1) is 7.34. The van der Waals surface area contributed by atoms with Crippen LogP contribution < -0.4 is 5.73 Å². The van der Waals surface area contributed by atoms with Gasteiger partial charge in [0.15, 0.2) is 5.84 Å². The quantitative estimate of drug-likeness (QED) is 0.372. The Morgan fingerprint density at radius 1 is 1.69 bits per heavy atom. The summed E-state index contributed by atoms with van der Waals surface area (Å²) < 4.78 is 38.5. The van der Waals surface area contributed by atoms with Crippen LogP contribution in [0.4, 0.5) is 13.2 Å². The summed E-state index contributed by atoms with van der Waals surface area (Å²) in [6.07, 6.45) is -2.21. The second-order valence-electron chi connectivity index (χ2n) is 3.00. The summed E-state index contributed by atoms with van der Waals surface area (Å²) in [6.45, 7) is -0.591. The van der Waals surface area contributed by atoms with Gasteiger partial charge in [-0.15, -0.1) is 0 Å². The standard InChI is InChI=1S/C7H8ClF3N4O/c8-4-1-13-15(2-4)3-5(6(12)14-16)7(9,10)11/h1-2,5,16H,3H2,(H2,12,14). The van der Waals surface area contributed by atoms with Gasteiger partial charge < -0.3 is 10.9 Å². The van der Waals surface area contributed by atoms with Crippen molar-refractivity contribution in [1.29, 1.82) is 0 Å². The average Bonchev–Trinajstić information content (AvgIpc) is 2.57. The van der Waals surface area contributed by atoms with E-state index in [1.54, 1.807) is 0 Å². The van der Waals surface area contributed by atoms with Crippen LogP contribution in [0, 0.1) is 5.92 Å². The van der Waals surface area contributed by atoms with Crippen molar-refractivity contribution in [2.24, 2.45) is 16.8 Å². The molecule has 1 aromatic heterocycles.